The first-order chi connectivity index (χ1) is 12.3. The summed E-state index contributed by atoms with van der Waals surface area (Å²) in [5, 5.41) is 15.7. The number of carbonyl (C=O) groups excluding carboxylic acids is 3. The van der Waals surface area contributed by atoms with Gasteiger partial charge < -0.3 is 26.2 Å². The van der Waals surface area contributed by atoms with Crippen LogP contribution in [0.3, 0.4) is 0 Å². The van der Waals surface area contributed by atoms with E-state index in [0.29, 0.717) is 25.9 Å². The molecular formula is C18H31N3O5. The third-order valence-corrected chi connectivity index (χ3v) is 5.37. The van der Waals surface area contributed by atoms with Crippen molar-refractivity contribution in [2.45, 2.75) is 82.6 Å². The maximum atomic E-state index is 13.1. The van der Waals surface area contributed by atoms with E-state index in [-0.39, 0.29) is 17.7 Å². The molecule has 148 valence electrons. The van der Waals surface area contributed by atoms with Crippen molar-refractivity contribution in [2.75, 3.05) is 6.61 Å². The summed E-state index contributed by atoms with van der Waals surface area (Å²) in [6.07, 6.45) is 3.18. The Labute approximate surface area is 154 Å². The second-order valence-electron chi connectivity index (χ2n) is 7.72. The van der Waals surface area contributed by atoms with Crippen molar-refractivity contribution in [1.82, 2.24) is 10.6 Å². The molecule has 2 fully saturated rings. The van der Waals surface area contributed by atoms with Gasteiger partial charge in [0, 0.05) is 6.61 Å². The summed E-state index contributed by atoms with van der Waals surface area (Å²) in [4.78, 5) is 37.0. The first kappa shape index (κ1) is 20.6. The molecule has 8 heteroatoms. The van der Waals surface area contributed by atoms with Gasteiger partial charge in [-0.3, -0.25) is 14.4 Å². The summed E-state index contributed by atoms with van der Waals surface area (Å²) < 4.78 is 5.43. The van der Waals surface area contributed by atoms with Crippen LogP contribution in [0.15, 0.2) is 0 Å². The van der Waals surface area contributed by atoms with Gasteiger partial charge in [0.15, 0.2) is 6.10 Å². The molecule has 2 aliphatic rings. The van der Waals surface area contributed by atoms with Crippen molar-refractivity contribution < 1.29 is 24.2 Å². The number of carbonyl (C=O) groups is 3. The monoisotopic (exact) mass is 369 g/mol. The largest absolute Gasteiger partial charge is 0.381 e. The number of nitrogens with two attached hydrogens (primary N) is 1. The first-order valence-corrected chi connectivity index (χ1v) is 9.49. The van der Waals surface area contributed by atoms with Crippen LogP contribution in [0.1, 0.15) is 58.8 Å². The third kappa shape index (κ3) is 4.73. The molecule has 5 N–H and O–H groups in total. The van der Waals surface area contributed by atoms with Crippen LogP contribution in [-0.4, -0.2) is 53.2 Å². The Kier molecular flexibility index (Phi) is 7.00. The lowest BCUT2D eigenvalue weighted by atomic mass is 9.80. The third-order valence-electron chi connectivity index (χ3n) is 5.37. The van der Waals surface area contributed by atoms with Crippen molar-refractivity contribution in [3.63, 3.8) is 0 Å². The fourth-order valence-electron chi connectivity index (χ4n) is 3.74. The van der Waals surface area contributed by atoms with Crippen LogP contribution < -0.4 is 16.4 Å². The fourth-order valence-corrected chi connectivity index (χ4v) is 3.74. The summed E-state index contributed by atoms with van der Waals surface area (Å²) in [6.45, 7) is 4.13. The predicted molar refractivity (Wildman–Crippen MR) is 94.9 cm³/mol. The molecule has 0 aromatic carbocycles. The van der Waals surface area contributed by atoms with Crippen LogP contribution in [0.4, 0.5) is 0 Å². The summed E-state index contributed by atoms with van der Waals surface area (Å²) >= 11 is 0. The Morgan fingerprint density at radius 3 is 2.31 bits per heavy atom. The molecule has 0 radical (unpaired) electrons. The van der Waals surface area contributed by atoms with E-state index in [0.717, 1.165) is 25.7 Å². The first-order valence-electron chi connectivity index (χ1n) is 9.49. The minimum atomic E-state index is -1.48. The topological polar surface area (TPSA) is 131 Å². The lowest BCUT2D eigenvalue weighted by Gasteiger charge is -2.39. The Bertz CT molecular complexity index is 525. The van der Waals surface area contributed by atoms with E-state index in [4.69, 9.17) is 10.5 Å². The van der Waals surface area contributed by atoms with Gasteiger partial charge in [0.25, 0.3) is 0 Å². The number of nitrogens with one attached hydrogen (secondary N) is 2. The molecule has 1 saturated heterocycles. The van der Waals surface area contributed by atoms with Gasteiger partial charge in [-0.15, -0.1) is 0 Å². The van der Waals surface area contributed by atoms with Crippen LogP contribution in [0, 0.1) is 5.92 Å². The lowest BCUT2D eigenvalue weighted by Crippen LogP contribution is -2.64. The number of primary amides is 1. The van der Waals surface area contributed by atoms with Gasteiger partial charge in [-0.25, -0.2) is 0 Å². The number of rotatable bonds is 7. The minimum absolute atomic E-state index is 0.198. The molecule has 1 saturated carbocycles. The van der Waals surface area contributed by atoms with Crippen molar-refractivity contribution in [3.05, 3.63) is 0 Å². The summed E-state index contributed by atoms with van der Waals surface area (Å²) in [7, 11) is 0. The molecule has 3 atom stereocenters. The highest BCUT2D eigenvalue weighted by molar-refractivity contribution is 5.93. The molecule has 3 amide bonds. The van der Waals surface area contributed by atoms with E-state index in [9.17, 15) is 19.5 Å². The highest BCUT2D eigenvalue weighted by Gasteiger charge is 2.44. The molecule has 1 heterocycles. The standard InChI is InChI=1S/C18H31N3O5/c1-11(2)13(14(22)15(19)23)20-17(25)18(8-4-3-5-9-18)21-16(24)12-7-6-10-26-12/h11-14,22H,3-10H2,1-2H3,(H2,19,23)(H,20,25)(H,21,24)/t12-,13+,14+/m1/s1. The Morgan fingerprint density at radius 2 is 1.81 bits per heavy atom. The van der Waals surface area contributed by atoms with E-state index in [2.05, 4.69) is 10.6 Å². The Balaban J connectivity index is 2.14. The molecule has 8 nitrogen and oxygen atoms in total. The SMILES string of the molecule is CC(C)[C@H](NC(=O)C1(NC(=O)[C@H]2CCCO2)CCCCC1)[C@H](O)C(N)=O. The van der Waals surface area contributed by atoms with Gasteiger partial charge in [0.05, 0.1) is 6.04 Å². The number of aliphatic hydroxyl groups excluding tert-OH is 1. The number of ether oxygens (including phenoxy) is 1. The molecule has 0 aromatic heterocycles. The zero-order valence-electron chi connectivity index (χ0n) is 15.6. The van der Waals surface area contributed by atoms with Gasteiger partial charge in [-0.2, -0.15) is 0 Å². The maximum Gasteiger partial charge on any atom is 0.249 e. The van der Waals surface area contributed by atoms with Crippen LogP contribution in [0.25, 0.3) is 0 Å². The number of hydrogen-bond donors (Lipinski definition) is 4. The van der Waals surface area contributed by atoms with Crippen LogP contribution in [-0.2, 0) is 19.1 Å². The molecule has 0 spiro atoms. The average molecular weight is 369 g/mol. The highest BCUT2D eigenvalue weighted by Crippen LogP contribution is 2.30. The Hall–Kier alpha value is -1.67. The second-order valence-corrected chi connectivity index (χ2v) is 7.72. The molecule has 1 aliphatic heterocycles. The van der Waals surface area contributed by atoms with Gasteiger partial charge in [-0.05, 0) is 31.6 Å². The lowest BCUT2D eigenvalue weighted by molar-refractivity contribution is -0.141. The van der Waals surface area contributed by atoms with E-state index in [1.807, 2.05) is 0 Å². The highest BCUT2D eigenvalue weighted by atomic mass is 16.5. The fraction of sp³-hybridized carbons (Fsp3) is 0.833. The second kappa shape index (κ2) is 8.81. The van der Waals surface area contributed by atoms with Gasteiger partial charge in [0.2, 0.25) is 17.7 Å². The molecule has 0 bridgehead atoms. The van der Waals surface area contributed by atoms with Crippen molar-refractivity contribution in [1.29, 1.82) is 0 Å². The molecule has 26 heavy (non-hydrogen) atoms. The normalized spacial score (nSPS) is 24.7. The zero-order chi connectivity index (χ0) is 19.3. The van der Waals surface area contributed by atoms with Gasteiger partial charge in [-0.1, -0.05) is 33.1 Å². The van der Waals surface area contributed by atoms with Gasteiger partial charge in [0.1, 0.15) is 11.6 Å². The van der Waals surface area contributed by atoms with Crippen molar-refractivity contribution in [2.24, 2.45) is 11.7 Å². The Morgan fingerprint density at radius 1 is 1.15 bits per heavy atom. The van der Waals surface area contributed by atoms with Crippen LogP contribution in [0.5, 0.6) is 0 Å². The van der Waals surface area contributed by atoms with Crippen molar-refractivity contribution in [3.8, 4) is 0 Å². The average Bonchev–Trinajstić information content (AvgIpc) is 3.14. The van der Waals surface area contributed by atoms with Gasteiger partial charge >= 0.3 is 0 Å². The summed E-state index contributed by atoms with van der Waals surface area (Å²) in [5.41, 5.74) is 4.16. The number of amides is 3. The zero-order valence-corrected chi connectivity index (χ0v) is 15.6. The smallest absolute Gasteiger partial charge is 0.249 e. The van der Waals surface area contributed by atoms with E-state index < -0.39 is 29.7 Å². The summed E-state index contributed by atoms with van der Waals surface area (Å²) in [5.74, 6) is -1.72. The van der Waals surface area contributed by atoms with E-state index in [1.54, 1.807) is 13.8 Å². The number of aliphatic hydroxyl groups is 1. The van der Waals surface area contributed by atoms with Crippen LogP contribution >= 0.6 is 0 Å². The predicted octanol–water partition coefficient (Wildman–Crippen LogP) is -0.0285. The minimum Gasteiger partial charge on any atom is -0.381 e. The quantitative estimate of drug-likeness (QED) is 0.501. The molecule has 0 unspecified atom stereocenters. The van der Waals surface area contributed by atoms with Crippen molar-refractivity contribution >= 4 is 17.7 Å². The van der Waals surface area contributed by atoms with E-state index >= 15 is 0 Å². The van der Waals surface area contributed by atoms with E-state index in [1.165, 1.54) is 0 Å². The molecule has 0 aromatic rings. The maximum absolute atomic E-state index is 13.1. The van der Waals surface area contributed by atoms with Crippen LogP contribution in [0.2, 0.25) is 0 Å². The molecule has 1 aliphatic carbocycles. The molecular weight excluding hydrogens is 338 g/mol. The molecule has 2 rings (SSSR count). The number of hydrogen-bond acceptors (Lipinski definition) is 5. The summed E-state index contributed by atoms with van der Waals surface area (Å²) in [6, 6.07) is -0.807.